The lowest BCUT2D eigenvalue weighted by molar-refractivity contribution is 0.355. The Kier molecular flexibility index (Phi) is 6.07. The molecule has 1 aliphatic rings. The lowest BCUT2D eigenvalue weighted by atomic mass is 10.0. The van der Waals surface area contributed by atoms with Gasteiger partial charge in [0.2, 0.25) is 0 Å². The molecule has 3 rings (SSSR count). The van der Waals surface area contributed by atoms with Gasteiger partial charge in [-0.3, -0.25) is 0 Å². The van der Waals surface area contributed by atoms with Gasteiger partial charge in [-0.15, -0.1) is 0 Å². The Morgan fingerprint density at radius 3 is 2.59 bits per heavy atom. The first-order valence-corrected chi connectivity index (χ1v) is 10.2. The van der Waals surface area contributed by atoms with Gasteiger partial charge < -0.3 is 14.4 Å². The molecule has 1 aromatic heterocycles. The molecule has 0 amide bonds. The number of piperidine rings is 1. The van der Waals surface area contributed by atoms with Crippen molar-refractivity contribution in [1.82, 2.24) is 9.97 Å². The molecule has 0 spiro atoms. The first-order valence-electron chi connectivity index (χ1n) is 8.98. The Bertz CT molecular complexity index is 866. The second kappa shape index (κ2) is 8.49. The normalized spacial score (nSPS) is 16.7. The molecule has 7 heteroatoms. The number of nitriles is 1. The predicted octanol–water partition coefficient (Wildman–Crippen LogP) is 4.13. The van der Waals surface area contributed by atoms with Crippen LogP contribution in [0.3, 0.4) is 0 Å². The van der Waals surface area contributed by atoms with Crippen molar-refractivity contribution in [3.8, 4) is 28.8 Å². The molecule has 0 bridgehead atoms. The summed E-state index contributed by atoms with van der Waals surface area (Å²) in [5.41, 5.74) is 1.95. The minimum absolute atomic E-state index is 0.355. The molecule has 0 saturated carbocycles. The molecule has 1 aliphatic heterocycles. The summed E-state index contributed by atoms with van der Waals surface area (Å²) in [4.78, 5) is 11.6. The topological polar surface area (TPSA) is 71.3 Å². The molecule has 1 atom stereocenters. The third-order valence-corrected chi connectivity index (χ3v) is 5.44. The number of ether oxygens (including phenoxy) is 2. The quantitative estimate of drug-likeness (QED) is 0.567. The lowest BCUT2D eigenvalue weighted by Gasteiger charge is -2.35. The summed E-state index contributed by atoms with van der Waals surface area (Å²) >= 11 is 1.48. The van der Waals surface area contributed by atoms with Crippen LogP contribution in [0.25, 0.3) is 11.3 Å². The average molecular weight is 385 g/mol. The zero-order valence-electron chi connectivity index (χ0n) is 16.2. The maximum Gasteiger partial charge on any atom is 0.189 e. The summed E-state index contributed by atoms with van der Waals surface area (Å²) in [6, 6.07) is 8.30. The van der Waals surface area contributed by atoms with Crippen LogP contribution in [0, 0.1) is 11.3 Å². The molecular formula is C20H24N4O2S. The summed E-state index contributed by atoms with van der Waals surface area (Å²) in [5, 5.41) is 10.6. The number of hydrogen-bond acceptors (Lipinski definition) is 7. The summed E-state index contributed by atoms with van der Waals surface area (Å²) in [5.74, 6) is 1.98. The Balaban J connectivity index is 2.18. The number of thioether (sulfide) groups is 1. The Morgan fingerprint density at radius 2 is 1.96 bits per heavy atom. The van der Waals surface area contributed by atoms with Crippen LogP contribution in [0.5, 0.6) is 11.5 Å². The van der Waals surface area contributed by atoms with Crippen molar-refractivity contribution < 1.29 is 9.47 Å². The third kappa shape index (κ3) is 3.81. The molecule has 2 aromatic rings. The summed E-state index contributed by atoms with van der Waals surface area (Å²) in [6.45, 7) is 3.10. The van der Waals surface area contributed by atoms with Crippen molar-refractivity contribution in [2.24, 2.45) is 0 Å². The van der Waals surface area contributed by atoms with Gasteiger partial charge in [0.05, 0.1) is 19.9 Å². The second-order valence-corrected chi connectivity index (χ2v) is 7.25. The van der Waals surface area contributed by atoms with Gasteiger partial charge in [-0.05, 0) is 50.6 Å². The standard InChI is InChI=1S/C20H24N4O2S/c1-13-7-5-6-10-24(13)19-15(12-21)18(22-20(23-19)27-4)14-8-9-16(25-2)17(11-14)26-3/h8-9,11,13H,5-7,10H2,1-4H3. The highest BCUT2D eigenvalue weighted by atomic mass is 32.2. The van der Waals surface area contributed by atoms with Crippen molar-refractivity contribution in [2.45, 2.75) is 37.4 Å². The second-order valence-electron chi connectivity index (χ2n) is 6.48. The van der Waals surface area contributed by atoms with Crippen LogP contribution in [0.1, 0.15) is 31.7 Å². The van der Waals surface area contributed by atoms with Crippen molar-refractivity contribution in [3.05, 3.63) is 23.8 Å². The molecule has 0 radical (unpaired) electrons. The predicted molar refractivity (Wildman–Crippen MR) is 108 cm³/mol. The van der Waals surface area contributed by atoms with Gasteiger partial charge in [0.25, 0.3) is 0 Å². The number of methoxy groups -OCH3 is 2. The van der Waals surface area contributed by atoms with Crippen LogP contribution in [0.15, 0.2) is 23.4 Å². The molecular weight excluding hydrogens is 360 g/mol. The minimum Gasteiger partial charge on any atom is -0.493 e. The van der Waals surface area contributed by atoms with E-state index in [4.69, 9.17) is 14.5 Å². The highest BCUT2D eigenvalue weighted by molar-refractivity contribution is 7.98. The van der Waals surface area contributed by atoms with Crippen LogP contribution in [-0.2, 0) is 0 Å². The third-order valence-electron chi connectivity index (χ3n) is 4.90. The molecule has 6 nitrogen and oxygen atoms in total. The van der Waals surface area contributed by atoms with Gasteiger partial charge in [-0.25, -0.2) is 9.97 Å². The fourth-order valence-corrected chi connectivity index (χ4v) is 3.80. The molecule has 2 heterocycles. The van der Waals surface area contributed by atoms with Gasteiger partial charge in [-0.2, -0.15) is 5.26 Å². The van der Waals surface area contributed by atoms with Crippen molar-refractivity contribution in [1.29, 1.82) is 5.26 Å². The van der Waals surface area contributed by atoms with Crippen LogP contribution < -0.4 is 14.4 Å². The molecule has 0 aliphatic carbocycles. The monoisotopic (exact) mass is 384 g/mol. The fourth-order valence-electron chi connectivity index (χ4n) is 3.44. The molecule has 27 heavy (non-hydrogen) atoms. The van der Waals surface area contributed by atoms with E-state index in [-0.39, 0.29) is 0 Å². The fraction of sp³-hybridized carbons (Fsp3) is 0.450. The van der Waals surface area contributed by atoms with E-state index in [1.807, 2.05) is 24.5 Å². The number of anilines is 1. The van der Waals surface area contributed by atoms with Gasteiger partial charge >= 0.3 is 0 Å². The summed E-state index contributed by atoms with van der Waals surface area (Å²) in [6.07, 6.45) is 5.38. The number of hydrogen-bond donors (Lipinski definition) is 0. The highest BCUT2D eigenvalue weighted by Gasteiger charge is 2.26. The van der Waals surface area contributed by atoms with Crippen LogP contribution >= 0.6 is 11.8 Å². The van der Waals surface area contributed by atoms with Gasteiger partial charge in [-0.1, -0.05) is 11.8 Å². The zero-order valence-corrected chi connectivity index (χ0v) is 17.0. The Labute approximate surface area is 164 Å². The van der Waals surface area contributed by atoms with Crippen molar-refractivity contribution in [3.63, 3.8) is 0 Å². The van der Waals surface area contributed by atoms with Crippen molar-refractivity contribution >= 4 is 17.6 Å². The molecule has 1 fully saturated rings. The van der Waals surface area contributed by atoms with E-state index in [0.29, 0.717) is 34.0 Å². The summed E-state index contributed by atoms with van der Waals surface area (Å²) < 4.78 is 10.8. The molecule has 1 aromatic carbocycles. The minimum atomic E-state index is 0.355. The van der Waals surface area contributed by atoms with Crippen LogP contribution in [0.2, 0.25) is 0 Å². The van der Waals surface area contributed by atoms with Crippen LogP contribution in [0.4, 0.5) is 5.82 Å². The molecule has 0 N–H and O–H groups in total. The number of rotatable bonds is 5. The van der Waals surface area contributed by atoms with Gasteiger partial charge in [0.15, 0.2) is 22.5 Å². The maximum absolute atomic E-state index is 9.95. The smallest absolute Gasteiger partial charge is 0.189 e. The SMILES string of the molecule is COc1ccc(-c2nc(SC)nc(N3CCCCC3C)c2C#N)cc1OC. The first-order chi connectivity index (χ1) is 13.1. The van der Waals surface area contributed by atoms with E-state index in [2.05, 4.69) is 22.9 Å². The van der Waals surface area contributed by atoms with E-state index < -0.39 is 0 Å². The number of benzene rings is 1. The molecule has 142 valence electrons. The van der Waals surface area contributed by atoms with E-state index >= 15 is 0 Å². The van der Waals surface area contributed by atoms with Crippen LogP contribution in [-0.4, -0.2) is 43.0 Å². The highest BCUT2D eigenvalue weighted by Crippen LogP contribution is 2.37. The van der Waals surface area contributed by atoms with Crippen molar-refractivity contribution in [2.75, 3.05) is 31.9 Å². The lowest BCUT2D eigenvalue weighted by Crippen LogP contribution is -2.38. The molecule has 1 saturated heterocycles. The number of aromatic nitrogens is 2. The number of nitrogens with zero attached hydrogens (tertiary/aromatic N) is 4. The maximum atomic E-state index is 9.95. The largest absolute Gasteiger partial charge is 0.493 e. The van der Waals surface area contributed by atoms with E-state index in [1.54, 1.807) is 14.2 Å². The first kappa shape index (κ1) is 19.3. The zero-order chi connectivity index (χ0) is 19.4. The van der Waals surface area contributed by atoms with Gasteiger partial charge in [0.1, 0.15) is 11.6 Å². The van der Waals surface area contributed by atoms with E-state index in [0.717, 1.165) is 30.8 Å². The summed E-state index contributed by atoms with van der Waals surface area (Å²) in [7, 11) is 3.20. The Morgan fingerprint density at radius 1 is 1.19 bits per heavy atom. The van der Waals surface area contributed by atoms with Gasteiger partial charge in [0, 0.05) is 18.2 Å². The molecule has 1 unspecified atom stereocenters. The van der Waals surface area contributed by atoms with E-state index in [1.165, 1.54) is 18.2 Å². The van der Waals surface area contributed by atoms with E-state index in [9.17, 15) is 5.26 Å². The average Bonchev–Trinajstić information content (AvgIpc) is 2.72. The Hall–Kier alpha value is -2.46.